The maximum atomic E-state index is 12.3. The van der Waals surface area contributed by atoms with Crippen molar-refractivity contribution in [3.8, 4) is 5.75 Å². The number of ether oxygens (including phenoxy) is 2. The number of H-pyrrole nitrogens is 1. The highest BCUT2D eigenvalue weighted by atomic mass is 16.6. The van der Waals surface area contributed by atoms with E-state index in [4.69, 9.17) is 9.47 Å². The molecule has 0 bridgehead atoms. The molecule has 6 heteroatoms. The van der Waals surface area contributed by atoms with Crippen LogP contribution in [0.4, 0.5) is 4.79 Å². The molecule has 1 unspecified atom stereocenters. The Bertz CT molecular complexity index is 866. The van der Waals surface area contributed by atoms with Gasteiger partial charge in [-0.15, -0.1) is 0 Å². The Balaban J connectivity index is 1.72. The van der Waals surface area contributed by atoms with Crippen LogP contribution in [0.3, 0.4) is 0 Å². The van der Waals surface area contributed by atoms with E-state index in [0.717, 1.165) is 23.8 Å². The van der Waals surface area contributed by atoms with Crippen LogP contribution in [0.2, 0.25) is 0 Å². The summed E-state index contributed by atoms with van der Waals surface area (Å²) in [4.78, 5) is 28.6. The van der Waals surface area contributed by atoms with E-state index in [0.29, 0.717) is 24.2 Å². The third-order valence-electron chi connectivity index (χ3n) is 4.41. The van der Waals surface area contributed by atoms with Crippen LogP contribution in [0.25, 0.3) is 10.8 Å². The maximum absolute atomic E-state index is 12.3. The van der Waals surface area contributed by atoms with Crippen molar-refractivity contribution in [3.05, 3.63) is 40.3 Å². The SMILES string of the molecule is Cc1c[nH]c(=O)c2ccc(OC3CCCN(C(=O)OC(C)(C)C)C3)cc12. The quantitative estimate of drug-likeness (QED) is 0.890. The van der Waals surface area contributed by atoms with E-state index >= 15 is 0 Å². The average Bonchev–Trinajstić information content (AvgIpc) is 2.57. The number of benzene rings is 1. The van der Waals surface area contributed by atoms with E-state index in [2.05, 4.69) is 4.98 Å². The first kappa shape index (κ1) is 18.3. The number of rotatable bonds is 2. The van der Waals surface area contributed by atoms with Crippen LogP contribution in [-0.4, -0.2) is 40.8 Å². The normalized spacial score (nSPS) is 18.0. The largest absolute Gasteiger partial charge is 0.489 e. The Hall–Kier alpha value is -2.50. The number of fused-ring (bicyclic) bond motifs is 1. The molecular formula is C20H26N2O4. The predicted octanol–water partition coefficient (Wildman–Crippen LogP) is 3.61. The molecule has 0 radical (unpaired) electrons. The monoisotopic (exact) mass is 358 g/mol. The molecule has 140 valence electrons. The Morgan fingerprint density at radius 1 is 1.27 bits per heavy atom. The molecule has 1 fully saturated rings. The third kappa shape index (κ3) is 4.18. The van der Waals surface area contributed by atoms with E-state index in [1.54, 1.807) is 17.2 Å². The summed E-state index contributed by atoms with van der Waals surface area (Å²) < 4.78 is 11.6. The zero-order chi connectivity index (χ0) is 18.9. The fourth-order valence-corrected chi connectivity index (χ4v) is 3.17. The summed E-state index contributed by atoms with van der Waals surface area (Å²) >= 11 is 0. The number of aromatic amines is 1. The Labute approximate surface area is 153 Å². The smallest absolute Gasteiger partial charge is 0.410 e. The molecule has 1 aliphatic rings. The Morgan fingerprint density at radius 2 is 2.04 bits per heavy atom. The van der Waals surface area contributed by atoms with Gasteiger partial charge in [0.15, 0.2) is 0 Å². The van der Waals surface area contributed by atoms with Gasteiger partial charge in [-0.2, -0.15) is 0 Å². The lowest BCUT2D eigenvalue weighted by atomic mass is 10.1. The summed E-state index contributed by atoms with van der Waals surface area (Å²) in [6, 6.07) is 5.49. The van der Waals surface area contributed by atoms with E-state index in [1.807, 2.05) is 39.8 Å². The van der Waals surface area contributed by atoms with Gasteiger partial charge in [-0.1, -0.05) is 0 Å². The van der Waals surface area contributed by atoms with Gasteiger partial charge >= 0.3 is 6.09 Å². The number of piperidine rings is 1. The number of hydrogen-bond donors (Lipinski definition) is 1. The number of likely N-dealkylation sites (tertiary alicyclic amines) is 1. The predicted molar refractivity (Wildman–Crippen MR) is 101 cm³/mol. The Kier molecular flexibility index (Phi) is 4.94. The van der Waals surface area contributed by atoms with Crippen molar-refractivity contribution in [2.75, 3.05) is 13.1 Å². The number of nitrogens with zero attached hydrogens (tertiary/aromatic N) is 1. The van der Waals surface area contributed by atoms with E-state index in [1.165, 1.54) is 0 Å². The molecular weight excluding hydrogens is 332 g/mol. The van der Waals surface area contributed by atoms with E-state index in [9.17, 15) is 9.59 Å². The van der Waals surface area contributed by atoms with Gasteiger partial charge in [0.25, 0.3) is 5.56 Å². The molecule has 1 atom stereocenters. The molecule has 6 nitrogen and oxygen atoms in total. The molecule has 0 aliphatic carbocycles. The van der Waals surface area contributed by atoms with Crippen molar-refractivity contribution in [2.24, 2.45) is 0 Å². The number of nitrogens with one attached hydrogen (secondary N) is 1. The number of carbonyl (C=O) groups excluding carboxylic acids is 1. The standard InChI is InChI=1S/C20H26N2O4/c1-13-11-21-18(23)16-8-7-14(10-17(13)16)25-15-6-5-9-22(12-15)19(24)26-20(2,3)4/h7-8,10-11,15H,5-6,9,12H2,1-4H3,(H,21,23). The van der Waals surface area contributed by atoms with Gasteiger partial charge in [0, 0.05) is 18.1 Å². The van der Waals surface area contributed by atoms with Crippen LogP contribution >= 0.6 is 0 Å². The summed E-state index contributed by atoms with van der Waals surface area (Å²) in [6.07, 6.45) is 3.07. The summed E-state index contributed by atoms with van der Waals surface area (Å²) in [6.45, 7) is 8.72. The fraction of sp³-hybridized carbons (Fsp3) is 0.500. The van der Waals surface area contributed by atoms with Crippen LogP contribution < -0.4 is 10.3 Å². The molecule has 0 spiro atoms. The van der Waals surface area contributed by atoms with Crippen LogP contribution in [0.5, 0.6) is 5.75 Å². The molecule has 0 saturated carbocycles. The van der Waals surface area contributed by atoms with Crippen LogP contribution in [-0.2, 0) is 4.74 Å². The highest BCUT2D eigenvalue weighted by molar-refractivity contribution is 5.85. The van der Waals surface area contributed by atoms with E-state index in [-0.39, 0.29) is 17.8 Å². The van der Waals surface area contributed by atoms with Gasteiger partial charge in [0.2, 0.25) is 0 Å². The third-order valence-corrected chi connectivity index (χ3v) is 4.41. The number of carbonyl (C=O) groups is 1. The molecule has 1 aromatic heterocycles. The van der Waals surface area contributed by atoms with Gasteiger partial charge in [-0.25, -0.2) is 4.79 Å². The molecule has 2 heterocycles. The number of hydrogen-bond acceptors (Lipinski definition) is 4. The molecule has 3 rings (SSSR count). The molecule has 1 saturated heterocycles. The minimum absolute atomic E-state index is 0.0870. The number of aromatic nitrogens is 1. The van der Waals surface area contributed by atoms with Gasteiger partial charge in [-0.05, 0) is 69.7 Å². The second kappa shape index (κ2) is 7.02. The van der Waals surface area contributed by atoms with Crippen molar-refractivity contribution in [3.63, 3.8) is 0 Å². The molecule has 1 aliphatic heterocycles. The second-order valence-corrected chi connectivity index (χ2v) is 7.82. The summed E-state index contributed by atoms with van der Waals surface area (Å²) in [5, 5.41) is 1.53. The highest BCUT2D eigenvalue weighted by Crippen LogP contribution is 2.24. The van der Waals surface area contributed by atoms with Crippen LogP contribution in [0.15, 0.2) is 29.2 Å². The number of amides is 1. The molecule has 1 N–H and O–H groups in total. The average molecular weight is 358 g/mol. The number of pyridine rings is 1. The first-order valence-corrected chi connectivity index (χ1v) is 8.99. The second-order valence-electron chi connectivity index (χ2n) is 7.82. The highest BCUT2D eigenvalue weighted by Gasteiger charge is 2.28. The topological polar surface area (TPSA) is 71.6 Å². The minimum atomic E-state index is -0.506. The fourth-order valence-electron chi connectivity index (χ4n) is 3.17. The van der Waals surface area contributed by atoms with Crippen molar-refractivity contribution in [1.82, 2.24) is 9.88 Å². The minimum Gasteiger partial charge on any atom is -0.489 e. The van der Waals surface area contributed by atoms with Crippen molar-refractivity contribution < 1.29 is 14.3 Å². The lowest BCUT2D eigenvalue weighted by Crippen LogP contribution is -2.46. The first-order valence-electron chi connectivity index (χ1n) is 8.99. The molecule has 1 aromatic carbocycles. The van der Waals surface area contributed by atoms with Gasteiger partial charge in [-0.3, -0.25) is 4.79 Å². The van der Waals surface area contributed by atoms with Crippen molar-refractivity contribution in [2.45, 2.75) is 52.2 Å². The lowest BCUT2D eigenvalue weighted by molar-refractivity contribution is 0.00777. The molecule has 26 heavy (non-hydrogen) atoms. The summed E-state index contributed by atoms with van der Waals surface area (Å²) in [5.41, 5.74) is 0.378. The van der Waals surface area contributed by atoms with E-state index < -0.39 is 5.60 Å². The number of aryl methyl sites for hydroxylation is 1. The van der Waals surface area contributed by atoms with Crippen LogP contribution in [0.1, 0.15) is 39.2 Å². The first-order chi connectivity index (χ1) is 12.2. The summed E-state index contributed by atoms with van der Waals surface area (Å²) in [7, 11) is 0. The zero-order valence-electron chi connectivity index (χ0n) is 15.8. The van der Waals surface area contributed by atoms with Crippen molar-refractivity contribution in [1.29, 1.82) is 0 Å². The van der Waals surface area contributed by atoms with Crippen molar-refractivity contribution >= 4 is 16.9 Å². The molecule has 2 aromatic rings. The van der Waals surface area contributed by atoms with Gasteiger partial charge in [0.1, 0.15) is 17.5 Å². The lowest BCUT2D eigenvalue weighted by Gasteiger charge is -2.34. The van der Waals surface area contributed by atoms with Crippen LogP contribution in [0, 0.1) is 6.92 Å². The maximum Gasteiger partial charge on any atom is 0.410 e. The Morgan fingerprint density at radius 3 is 2.77 bits per heavy atom. The molecule has 1 amide bonds. The summed E-state index contributed by atoms with van der Waals surface area (Å²) in [5.74, 6) is 0.710. The van der Waals surface area contributed by atoms with Gasteiger partial charge < -0.3 is 19.4 Å². The zero-order valence-corrected chi connectivity index (χ0v) is 15.8. The van der Waals surface area contributed by atoms with Gasteiger partial charge in [0.05, 0.1) is 6.54 Å².